The number of anilines is 1. The number of fused-ring (bicyclic) bond motifs is 1. The van der Waals surface area contributed by atoms with Gasteiger partial charge in [-0.2, -0.15) is 0 Å². The van der Waals surface area contributed by atoms with Crippen LogP contribution < -0.4 is 16.4 Å². The first-order valence-corrected chi connectivity index (χ1v) is 10.2. The third-order valence-corrected chi connectivity index (χ3v) is 5.12. The second-order valence-corrected chi connectivity index (χ2v) is 7.28. The maximum absolute atomic E-state index is 12.0. The van der Waals surface area contributed by atoms with Crippen LogP contribution in [0.3, 0.4) is 0 Å². The van der Waals surface area contributed by atoms with Crippen LogP contribution in [-0.2, 0) is 19.4 Å². The van der Waals surface area contributed by atoms with Crippen molar-refractivity contribution in [3.63, 3.8) is 0 Å². The highest BCUT2D eigenvalue weighted by Crippen LogP contribution is 2.27. The van der Waals surface area contributed by atoms with Gasteiger partial charge in [0.15, 0.2) is 5.96 Å². The van der Waals surface area contributed by atoms with Gasteiger partial charge in [-0.05, 0) is 67.0 Å². The molecular weight excluding hydrogens is 475 g/mol. The number of carbonyl (C=O) groups excluding carboxylic acids is 1. The third-order valence-electron chi connectivity index (χ3n) is 5.12. The first-order chi connectivity index (χ1) is 13.7. The Balaban J connectivity index is 0.00000300. The number of aryl methyl sites for hydroxylation is 1. The summed E-state index contributed by atoms with van der Waals surface area (Å²) >= 11 is 0. The number of hydrogen-bond acceptors (Lipinski definition) is 2. The third kappa shape index (κ3) is 6.73. The summed E-state index contributed by atoms with van der Waals surface area (Å²) in [5.74, 6) is 0.388. The van der Waals surface area contributed by atoms with E-state index in [1.807, 2.05) is 24.3 Å². The molecule has 0 aliphatic heterocycles. The fourth-order valence-electron chi connectivity index (χ4n) is 3.49. The van der Waals surface area contributed by atoms with Crippen molar-refractivity contribution in [2.75, 3.05) is 11.9 Å². The van der Waals surface area contributed by atoms with Gasteiger partial charge in [0.25, 0.3) is 5.91 Å². The standard InChI is InChI=1S/C23H30N4O.HI/c1-2-3-15-25-22(28)19-13-11-17(12-14-19)16-26-23(24)27-21-10-6-8-18-7-4-5-9-20(18)21;/h6,8,10-14H,2-5,7,9,15-16H2,1H3,(H,25,28)(H3,24,26,27);1H. The average molecular weight is 506 g/mol. The van der Waals surface area contributed by atoms with Crippen LogP contribution in [0, 0.1) is 0 Å². The van der Waals surface area contributed by atoms with E-state index in [4.69, 9.17) is 5.73 Å². The van der Waals surface area contributed by atoms with Crippen LogP contribution in [-0.4, -0.2) is 18.4 Å². The normalized spacial score (nSPS) is 13.2. The molecule has 1 aliphatic rings. The lowest BCUT2D eigenvalue weighted by Gasteiger charge is -2.19. The molecule has 0 saturated carbocycles. The Labute approximate surface area is 190 Å². The zero-order chi connectivity index (χ0) is 19.8. The van der Waals surface area contributed by atoms with E-state index in [9.17, 15) is 4.79 Å². The summed E-state index contributed by atoms with van der Waals surface area (Å²) in [6, 6.07) is 13.9. The number of unbranched alkanes of at least 4 members (excludes halogenated alkanes) is 1. The highest BCUT2D eigenvalue weighted by molar-refractivity contribution is 14.0. The summed E-state index contributed by atoms with van der Waals surface area (Å²) in [5, 5.41) is 6.19. The zero-order valence-corrected chi connectivity index (χ0v) is 19.4. The predicted octanol–water partition coefficient (Wildman–Crippen LogP) is 4.64. The first kappa shape index (κ1) is 23.2. The molecule has 2 aromatic carbocycles. The van der Waals surface area contributed by atoms with Gasteiger partial charge in [-0.3, -0.25) is 4.79 Å². The van der Waals surface area contributed by atoms with E-state index in [0.29, 0.717) is 24.6 Å². The Hall–Kier alpha value is -2.09. The van der Waals surface area contributed by atoms with Crippen LogP contribution in [0.25, 0.3) is 0 Å². The molecule has 29 heavy (non-hydrogen) atoms. The Kier molecular flexibility index (Phi) is 9.44. The molecule has 5 nitrogen and oxygen atoms in total. The molecule has 0 aromatic heterocycles. The van der Waals surface area contributed by atoms with Crippen LogP contribution in [0.4, 0.5) is 5.69 Å². The van der Waals surface area contributed by atoms with E-state index in [1.165, 1.54) is 24.0 Å². The quantitative estimate of drug-likeness (QED) is 0.222. The molecule has 0 radical (unpaired) electrons. The number of hydrogen-bond donors (Lipinski definition) is 3. The Morgan fingerprint density at radius 1 is 1.10 bits per heavy atom. The van der Waals surface area contributed by atoms with Crippen molar-refractivity contribution in [1.82, 2.24) is 5.32 Å². The lowest BCUT2D eigenvalue weighted by Crippen LogP contribution is -2.24. The van der Waals surface area contributed by atoms with Gasteiger partial charge in [0, 0.05) is 17.8 Å². The summed E-state index contributed by atoms with van der Waals surface area (Å²) < 4.78 is 0. The molecule has 3 rings (SSSR count). The van der Waals surface area contributed by atoms with Gasteiger partial charge in [-0.25, -0.2) is 4.99 Å². The molecule has 0 bridgehead atoms. The number of rotatable bonds is 7. The van der Waals surface area contributed by atoms with E-state index in [0.717, 1.165) is 36.9 Å². The van der Waals surface area contributed by atoms with Crippen LogP contribution in [0.1, 0.15) is 59.7 Å². The van der Waals surface area contributed by atoms with E-state index >= 15 is 0 Å². The number of nitrogens with two attached hydrogens (primary N) is 1. The molecule has 1 aliphatic carbocycles. The maximum Gasteiger partial charge on any atom is 0.251 e. The smallest absolute Gasteiger partial charge is 0.251 e. The Morgan fingerprint density at radius 2 is 1.86 bits per heavy atom. The van der Waals surface area contributed by atoms with Crippen molar-refractivity contribution < 1.29 is 4.79 Å². The minimum Gasteiger partial charge on any atom is -0.370 e. The molecule has 2 aromatic rings. The Bertz CT molecular complexity index is 833. The minimum absolute atomic E-state index is 0. The maximum atomic E-state index is 12.0. The van der Waals surface area contributed by atoms with Crippen molar-refractivity contribution in [1.29, 1.82) is 0 Å². The molecule has 0 fully saturated rings. The molecule has 4 N–H and O–H groups in total. The summed E-state index contributed by atoms with van der Waals surface area (Å²) in [7, 11) is 0. The van der Waals surface area contributed by atoms with Gasteiger partial charge >= 0.3 is 0 Å². The molecule has 0 saturated heterocycles. The van der Waals surface area contributed by atoms with Crippen molar-refractivity contribution in [3.05, 3.63) is 64.7 Å². The average Bonchev–Trinajstić information content (AvgIpc) is 2.73. The number of amides is 1. The van der Waals surface area contributed by atoms with E-state index in [-0.39, 0.29) is 29.9 Å². The lowest BCUT2D eigenvalue weighted by atomic mass is 9.90. The molecule has 0 heterocycles. The van der Waals surface area contributed by atoms with Crippen molar-refractivity contribution in [3.8, 4) is 0 Å². The lowest BCUT2D eigenvalue weighted by molar-refractivity contribution is 0.0953. The summed E-state index contributed by atoms with van der Waals surface area (Å²) in [6.07, 6.45) is 6.77. The SMILES string of the molecule is CCCCNC(=O)c1ccc(CN=C(N)Nc2cccc3c2CCCC3)cc1.I. The van der Waals surface area contributed by atoms with Crippen molar-refractivity contribution in [2.24, 2.45) is 10.7 Å². The van der Waals surface area contributed by atoms with Gasteiger partial charge in [0.2, 0.25) is 0 Å². The fraction of sp³-hybridized carbons (Fsp3) is 0.391. The van der Waals surface area contributed by atoms with Crippen LogP contribution in [0.5, 0.6) is 0 Å². The van der Waals surface area contributed by atoms with Gasteiger partial charge in [0.05, 0.1) is 6.54 Å². The van der Waals surface area contributed by atoms with E-state index in [1.54, 1.807) is 0 Å². The summed E-state index contributed by atoms with van der Waals surface area (Å²) in [5.41, 5.74) is 11.6. The molecule has 156 valence electrons. The van der Waals surface area contributed by atoms with Gasteiger partial charge in [0.1, 0.15) is 0 Å². The number of benzene rings is 2. The highest BCUT2D eigenvalue weighted by atomic mass is 127. The number of guanidine groups is 1. The monoisotopic (exact) mass is 506 g/mol. The van der Waals surface area contributed by atoms with Crippen LogP contribution in [0.15, 0.2) is 47.5 Å². The second-order valence-electron chi connectivity index (χ2n) is 7.28. The molecule has 0 unspecified atom stereocenters. The fourth-order valence-corrected chi connectivity index (χ4v) is 3.49. The van der Waals surface area contributed by atoms with Gasteiger partial charge in [-0.15, -0.1) is 24.0 Å². The Morgan fingerprint density at radius 3 is 2.62 bits per heavy atom. The van der Waals surface area contributed by atoms with Gasteiger partial charge < -0.3 is 16.4 Å². The molecular formula is C23H31IN4O. The van der Waals surface area contributed by atoms with Crippen molar-refractivity contribution >= 4 is 41.5 Å². The van der Waals surface area contributed by atoms with E-state index < -0.39 is 0 Å². The molecule has 1 amide bonds. The highest BCUT2D eigenvalue weighted by Gasteiger charge is 2.13. The first-order valence-electron chi connectivity index (χ1n) is 10.2. The topological polar surface area (TPSA) is 79.5 Å². The largest absolute Gasteiger partial charge is 0.370 e. The number of carbonyl (C=O) groups is 1. The predicted molar refractivity (Wildman–Crippen MR) is 131 cm³/mol. The van der Waals surface area contributed by atoms with Gasteiger partial charge in [-0.1, -0.05) is 37.6 Å². The number of aliphatic imine (C=N–C) groups is 1. The molecule has 0 atom stereocenters. The number of nitrogens with zero attached hydrogens (tertiary/aromatic N) is 1. The zero-order valence-electron chi connectivity index (χ0n) is 17.0. The molecule has 6 heteroatoms. The summed E-state index contributed by atoms with van der Waals surface area (Å²) in [4.78, 5) is 16.5. The summed E-state index contributed by atoms with van der Waals surface area (Å²) in [6.45, 7) is 3.30. The van der Waals surface area contributed by atoms with Crippen LogP contribution >= 0.6 is 24.0 Å². The second kappa shape index (κ2) is 11.8. The minimum atomic E-state index is -0.0291. The van der Waals surface area contributed by atoms with E-state index in [2.05, 4.69) is 40.7 Å². The molecule has 0 spiro atoms. The van der Waals surface area contributed by atoms with Crippen molar-refractivity contribution in [2.45, 2.75) is 52.0 Å². The number of nitrogens with one attached hydrogen (secondary N) is 2. The number of halogens is 1. The van der Waals surface area contributed by atoms with Crippen LogP contribution in [0.2, 0.25) is 0 Å².